The van der Waals surface area contributed by atoms with E-state index in [2.05, 4.69) is 63.9 Å². The average Bonchev–Trinajstić information content (AvgIpc) is 2.88. The molecule has 1 unspecified atom stereocenters. The summed E-state index contributed by atoms with van der Waals surface area (Å²) in [4.78, 5) is 1.42. The highest BCUT2D eigenvalue weighted by Crippen LogP contribution is 2.27. The number of methoxy groups -OCH3 is 1. The Labute approximate surface area is 139 Å². The first-order valence-electron chi connectivity index (χ1n) is 7.18. The second-order valence-corrected chi connectivity index (χ2v) is 7.15. The molecule has 1 aromatic heterocycles. The van der Waals surface area contributed by atoms with Crippen molar-refractivity contribution in [2.24, 2.45) is 0 Å². The predicted molar refractivity (Wildman–Crippen MR) is 94.4 cm³/mol. The zero-order valence-electron chi connectivity index (χ0n) is 12.6. The van der Waals surface area contributed by atoms with Crippen LogP contribution in [-0.2, 0) is 11.2 Å². The lowest BCUT2D eigenvalue weighted by Crippen LogP contribution is -2.26. The molecule has 0 saturated heterocycles. The van der Waals surface area contributed by atoms with Gasteiger partial charge in [-0.2, -0.15) is 0 Å². The van der Waals surface area contributed by atoms with E-state index < -0.39 is 0 Å². The van der Waals surface area contributed by atoms with Crippen LogP contribution < -0.4 is 5.32 Å². The molecule has 0 aliphatic carbocycles. The molecule has 0 bridgehead atoms. The zero-order chi connectivity index (χ0) is 15.1. The van der Waals surface area contributed by atoms with E-state index in [0.29, 0.717) is 5.92 Å². The highest BCUT2D eigenvalue weighted by molar-refractivity contribution is 9.10. The summed E-state index contributed by atoms with van der Waals surface area (Å²) in [6, 6.07) is 11.1. The molecule has 1 heterocycles. The molecular weight excluding hydrogens is 346 g/mol. The normalized spacial score (nSPS) is 12.5. The molecule has 21 heavy (non-hydrogen) atoms. The van der Waals surface area contributed by atoms with Crippen LogP contribution in [-0.4, -0.2) is 26.8 Å². The van der Waals surface area contributed by atoms with Crippen LogP contribution >= 0.6 is 27.3 Å². The van der Waals surface area contributed by atoms with Crippen molar-refractivity contribution < 1.29 is 4.74 Å². The van der Waals surface area contributed by atoms with Gasteiger partial charge in [-0.1, -0.05) is 29.8 Å². The minimum atomic E-state index is 0.494. The number of rotatable bonds is 8. The van der Waals surface area contributed by atoms with Crippen molar-refractivity contribution in [2.75, 3.05) is 26.8 Å². The number of nitrogens with one attached hydrogen (secondary N) is 1. The van der Waals surface area contributed by atoms with E-state index in [1.807, 2.05) is 11.3 Å². The quantitative estimate of drug-likeness (QED) is 0.698. The maximum Gasteiger partial charge on any atom is 0.0587 e. The van der Waals surface area contributed by atoms with Gasteiger partial charge < -0.3 is 10.1 Å². The number of halogens is 1. The van der Waals surface area contributed by atoms with E-state index in [0.717, 1.165) is 26.1 Å². The van der Waals surface area contributed by atoms with Gasteiger partial charge in [0.25, 0.3) is 0 Å². The second kappa shape index (κ2) is 8.69. The van der Waals surface area contributed by atoms with E-state index >= 15 is 0 Å². The molecule has 0 spiro atoms. The molecule has 0 aliphatic rings. The molecule has 2 rings (SSSR count). The highest BCUT2D eigenvalue weighted by atomic mass is 79.9. The largest absolute Gasteiger partial charge is 0.383 e. The van der Waals surface area contributed by atoms with Gasteiger partial charge >= 0.3 is 0 Å². The Bertz CT molecular complexity index is 538. The third kappa shape index (κ3) is 5.55. The third-order valence-electron chi connectivity index (χ3n) is 3.49. The molecule has 0 fully saturated rings. The Morgan fingerprint density at radius 1 is 1.29 bits per heavy atom. The van der Waals surface area contributed by atoms with E-state index in [-0.39, 0.29) is 0 Å². The Kier molecular flexibility index (Phi) is 6.90. The Morgan fingerprint density at radius 2 is 2.05 bits per heavy atom. The highest BCUT2D eigenvalue weighted by Gasteiger charge is 2.13. The number of thiophene rings is 1. The van der Waals surface area contributed by atoms with Crippen molar-refractivity contribution in [1.82, 2.24) is 5.32 Å². The fourth-order valence-corrected chi connectivity index (χ4v) is 3.83. The molecule has 0 aliphatic heterocycles. The molecular formula is C17H22BrNOS. The number of benzene rings is 1. The SMILES string of the molecule is COCCNCC(Cc1cc(Br)cs1)c1ccc(C)cc1. The molecule has 2 nitrogen and oxygen atoms in total. The minimum absolute atomic E-state index is 0.494. The van der Waals surface area contributed by atoms with Crippen molar-refractivity contribution in [3.63, 3.8) is 0 Å². The smallest absolute Gasteiger partial charge is 0.0587 e. The van der Waals surface area contributed by atoms with Gasteiger partial charge in [0.2, 0.25) is 0 Å². The van der Waals surface area contributed by atoms with Gasteiger partial charge in [0.1, 0.15) is 0 Å². The predicted octanol–water partition coefficient (Wildman–Crippen LogP) is 4.38. The van der Waals surface area contributed by atoms with Crippen molar-refractivity contribution in [3.05, 3.63) is 56.2 Å². The van der Waals surface area contributed by atoms with E-state index in [9.17, 15) is 0 Å². The number of aryl methyl sites for hydroxylation is 1. The Morgan fingerprint density at radius 3 is 2.67 bits per heavy atom. The van der Waals surface area contributed by atoms with Gasteiger partial charge in [0.05, 0.1) is 6.61 Å². The van der Waals surface area contributed by atoms with Crippen LogP contribution in [0.15, 0.2) is 40.2 Å². The van der Waals surface area contributed by atoms with Crippen LogP contribution in [0.5, 0.6) is 0 Å². The monoisotopic (exact) mass is 367 g/mol. The summed E-state index contributed by atoms with van der Waals surface area (Å²) in [5.74, 6) is 0.494. The number of ether oxygens (including phenoxy) is 1. The summed E-state index contributed by atoms with van der Waals surface area (Å²) in [6.45, 7) is 4.76. The summed E-state index contributed by atoms with van der Waals surface area (Å²) in [5.41, 5.74) is 2.71. The summed E-state index contributed by atoms with van der Waals surface area (Å²) in [5, 5.41) is 5.65. The lowest BCUT2D eigenvalue weighted by atomic mass is 9.94. The maximum absolute atomic E-state index is 5.10. The van der Waals surface area contributed by atoms with Crippen molar-refractivity contribution in [1.29, 1.82) is 0 Å². The molecule has 1 atom stereocenters. The fourth-order valence-electron chi connectivity index (χ4n) is 2.30. The van der Waals surface area contributed by atoms with Gasteiger partial charge in [-0.25, -0.2) is 0 Å². The summed E-state index contributed by atoms with van der Waals surface area (Å²) in [7, 11) is 1.74. The summed E-state index contributed by atoms with van der Waals surface area (Å²) >= 11 is 5.36. The van der Waals surface area contributed by atoms with Gasteiger partial charge in [-0.05, 0) is 40.9 Å². The van der Waals surface area contributed by atoms with Gasteiger partial charge in [0.15, 0.2) is 0 Å². The topological polar surface area (TPSA) is 21.3 Å². The molecule has 1 aromatic carbocycles. The minimum Gasteiger partial charge on any atom is -0.383 e. The van der Waals surface area contributed by atoms with Crippen LogP contribution in [0.4, 0.5) is 0 Å². The van der Waals surface area contributed by atoms with Gasteiger partial charge in [0, 0.05) is 40.8 Å². The molecule has 0 saturated carbocycles. The molecule has 1 N–H and O–H groups in total. The van der Waals surface area contributed by atoms with Crippen LogP contribution in [0, 0.1) is 6.92 Å². The Balaban J connectivity index is 2.04. The maximum atomic E-state index is 5.10. The molecule has 0 radical (unpaired) electrons. The van der Waals surface area contributed by atoms with Crippen LogP contribution in [0.1, 0.15) is 21.9 Å². The van der Waals surface area contributed by atoms with E-state index in [1.54, 1.807) is 7.11 Å². The lowest BCUT2D eigenvalue weighted by Gasteiger charge is -2.18. The standard InChI is InChI=1S/C17H22BrNOS/c1-13-3-5-14(6-4-13)15(11-19-7-8-20-2)9-17-10-16(18)12-21-17/h3-6,10,12,15,19H,7-9,11H2,1-2H3. The molecule has 4 heteroatoms. The first-order valence-corrected chi connectivity index (χ1v) is 8.85. The first kappa shape index (κ1) is 16.7. The number of hydrogen-bond donors (Lipinski definition) is 1. The van der Waals surface area contributed by atoms with E-state index in [1.165, 1.54) is 20.5 Å². The molecule has 2 aromatic rings. The zero-order valence-corrected chi connectivity index (χ0v) is 15.0. The van der Waals surface area contributed by atoms with Crippen LogP contribution in [0.2, 0.25) is 0 Å². The summed E-state index contributed by atoms with van der Waals surface area (Å²) < 4.78 is 6.28. The molecule has 114 valence electrons. The average molecular weight is 368 g/mol. The summed E-state index contributed by atoms with van der Waals surface area (Å²) in [6.07, 6.45) is 1.07. The van der Waals surface area contributed by atoms with Crippen molar-refractivity contribution in [2.45, 2.75) is 19.3 Å². The van der Waals surface area contributed by atoms with Crippen LogP contribution in [0.25, 0.3) is 0 Å². The number of hydrogen-bond acceptors (Lipinski definition) is 3. The van der Waals surface area contributed by atoms with Crippen molar-refractivity contribution >= 4 is 27.3 Å². The van der Waals surface area contributed by atoms with Gasteiger partial charge in [-0.15, -0.1) is 11.3 Å². The second-order valence-electron chi connectivity index (χ2n) is 5.24. The third-order valence-corrected chi connectivity index (χ3v) is 5.21. The van der Waals surface area contributed by atoms with E-state index in [4.69, 9.17) is 4.74 Å². The fraction of sp³-hybridized carbons (Fsp3) is 0.412. The van der Waals surface area contributed by atoms with Crippen molar-refractivity contribution in [3.8, 4) is 0 Å². The lowest BCUT2D eigenvalue weighted by molar-refractivity contribution is 0.199. The van der Waals surface area contributed by atoms with Gasteiger partial charge in [-0.3, -0.25) is 0 Å². The molecule has 0 amide bonds. The Hall–Kier alpha value is -0.680. The first-order chi connectivity index (χ1) is 10.2. The van der Waals surface area contributed by atoms with Crippen LogP contribution in [0.3, 0.4) is 0 Å².